The van der Waals surface area contributed by atoms with E-state index in [4.69, 9.17) is 10.5 Å². The summed E-state index contributed by atoms with van der Waals surface area (Å²) in [5, 5.41) is 0.177. The van der Waals surface area contributed by atoms with Crippen LogP contribution >= 0.6 is 11.3 Å². The molecule has 42 heavy (non-hydrogen) atoms. The molecule has 5 rings (SSSR count). The number of nitrogen functional groups attached to an aromatic ring is 1. The molecular formula is C29H25F4N5O3S. The number of fused-ring (bicyclic) bond motifs is 1. The van der Waals surface area contributed by atoms with E-state index in [1.807, 2.05) is 19.0 Å². The Balaban J connectivity index is 1.81. The Kier molecular flexibility index (Phi) is 8.14. The molecule has 218 valence electrons. The molecule has 13 heteroatoms. The Morgan fingerprint density at radius 2 is 1.69 bits per heavy atom. The highest BCUT2D eigenvalue weighted by atomic mass is 32.1. The SMILES string of the molecule is CN(C)Cc1c(-c2ccc(N)cc2)sc2c1c(=O)n(-c1ccc(OCC(F)F)cn1)c(=O)n2Cc1c(F)cccc1F. The summed E-state index contributed by atoms with van der Waals surface area (Å²) in [6.07, 6.45) is -1.59. The molecule has 0 aliphatic heterocycles. The van der Waals surface area contributed by atoms with Crippen LogP contribution in [0.2, 0.25) is 0 Å². The number of thiophene rings is 1. The van der Waals surface area contributed by atoms with Gasteiger partial charge in [-0.25, -0.2) is 31.9 Å². The van der Waals surface area contributed by atoms with Crippen LogP contribution in [-0.4, -0.2) is 46.1 Å². The highest BCUT2D eigenvalue weighted by molar-refractivity contribution is 7.22. The van der Waals surface area contributed by atoms with Crippen LogP contribution in [0.5, 0.6) is 5.75 Å². The number of benzene rings is 2. The van der Waals surface area contributed by atoms with Crippen LogP contribution in [0.3, 0.4) is 0 Å². The van der Waals surface area contributed by atoms with Gasteiger partial charge in [-0.3, -0.25) is 9.36 Å². The van der Waals surface area contributed by atoms with E-state index in [-0.39, 0.29) is 27.3 Å². The minimum Gasteiger partial charge on any atom is -0.486 e. The monoisotopic (exact) mass is 599 g/mol. The molecule has 0 bridgehead atoms. The molecule has 5 aromatic rings. The predicted molar refractivity (Wildman–Crippen MR) is 154 cm³/mol. The summed E-state index contributed by atoms with van der Waals surface area (Å²) >= 11 is 1.15. The molecule has 0 saturated heterocycles. The van der Waals surface area contributed by atoms with E-state index in [2.05, 4.69) is 4.98 Å². The molecular weight excluding hydrogens is 574 g/mol. The van der Waals surface area contributed by atoms with E-state index in [1.165, 1.54) is 18.2 Å². The smallest absolute Gasteiger partial charge is 0.338 e. The highest BCUT2D eigenvalue weighted by Crippen LogP contribution is 2.38. The lowest BCUT2D eigenvalue weighted by atomic mass is 10.1. The molecule has 0 aliphatic rings. The molecule has 0 unspecified atom stereocenters. The number of ether oxygens (including phenoxy) is 1. The van der Waals surface area contributed by atoms with Gasteiger partial charge in [0.05, 0.1) is 18.1 Å². The molecule has 0 atom stereocenters. The molecule has 0 spiro atoms. The number of pyridine rings is 1. The van der Waals surface area contributed by atoms with Gasteiger partial charge in [0, 0.05) is 22.7 Å². The first-order valence-corrected chi connectivity index (χ1v) is 13.5. The van der Waals surface area contributed by atoms with Crippen molar-refractivity contribution in [3.05, 3.63) is 104 Å². The van der Waals surface area contributed by atoms with E-state index in [0.29, 0.717) is 22.7 Å². The van der Waals surface area contributed by atoms with Gasteiger partial charge in [-0.05, 0) is 61.6 Å². The van der Waals surface area contributed by atoms with Crippen molar-refractivity contribution < 1.29 is 22.3 Å². The third-order valence-corrected chi connectivity index (χ3v) is 7.73. The average molecular weight is 600 g/mol. The van der Waals surface area contributed by atoms with Crippen LogP contribution < -0.4 is 21.7 Å². The van der Waals surface area contributed by atoms with E-state index >= 15 is 0 Å². The Labute approximate surface area is 240 Å². The molecule has 0 fully saturated rings. The number of hydrogen-bond donors (Lipinski definition) is 1. The van der Waals surface area contributed by atoms with Crippen LogP contribution in [0.15, 0.2) is 70.4 Å². The van der Waals surface area contributed by atoms with Gasteiger partial charge in [0.2, 0.25) is 0 Å². The van der Waals surface area contributed by atoms with Gasteiger partial charge in [0.15, 0.2) is 0 Å². The molecule has 8 nitrogen and oxygen atoms in total. The van der Waals surface area contributed by atoms with Crippen molar-refractivity contribution in [3.8, 4) is 22.0 Å². The maximum atomic E-state index is 14.8. The summed E-state index contributed by atoms with van der Waals surface area (Å²) in [7, 11) is 3.64. The summed E-state index contributed by atoms with van der Waals surface area (Å²) in [4.78, 5) is 34.9. The Morgan fingerprint density at radius 1 is 1.00 bits per heavy atom. The maximum absolute atomic E-state index is 14.8. The van der Waals surface area contributed by atoms with Crippen molar-refractivity contribution in [3.63, 3.8) is 0 Å². The fourth-order valence-corrected chi connectivity index (χ4v) is 5.84. The van der Waals surface area contributed by atoms with Gasteiger partial charge in [-0.1, -0.05) is 18.2 Å². The van der Waals surface area contributed by atoms with E-state index in [9.17, 15) is 27.2 Å². The fraction of sp³-hybridized carbons (Fsp3) is 0.207. The molecule has 0 radical (unpaired) electrons. The van der Waals surface area contributed by atoms with Gasteiger partial charge in [-0.15, -0.1) is 11.3 Å². The van der Waals surface area contributed by atoms with Crippen molar-refractivity contribution in [1.29, 1.82) is 0 Å². The lowest BCUT2D eigenvalue weighted by molar-refractivity contribution is 0.0817. The maximum Gasteiger partial charge on any atom is 0.338 e. The zero-order chi connectivity index (χ0) is 30.1. The minimum atomic E-state index is -2.70. The van der Waals surface area contributed by atoms with E-state index in [0.717, 1.165) is 44.4 Å². The fourth-order valence-electron chi connectivity index (χ4n) is 4.54. The van der Waals surface area contributed by atoms with Crippen LogP contribution in [0.4, 0.5) is 23.2 Å². The van der Waals surface area contributed by atoms with Gasteiger partial charge in [0.25, 0.3) is 12.0 Å². The molecule has 3 heterocycles. The summed E-state index contributed by atoms with van der Waals surface area (Å²) < 4.78 is 61.6. The number of nitrogens with two attached hydrogens (primary N) is 1. The lowest BCUT2D eigenvalue weighted by Crippen LogP contribution is -2.39. The minimum absolute atomic E-state index is 0.0106. The van der Waals surface area contributed by atoms with Crippen molar-refractivity contribution in [2.75, 3.05) is 26.4 Å². The third-order valence-electron chi connectivity index (χ3n) is 6.42. The second kappa shape index (κ2) is 11.8. The van der Waals surface area contributed by atoms with Gasteiger partial charge >= 0.3 is 5.69 Å². The van der Waals surface area contributed by atoms with Crippen molar-refractivity contribution in [1.82, 2.24) is 19.0 Å². The van der Waals surface area contributed by atoms with E-state index < -0.39 is 42.5 Å². The molecule has 2 aromatic carbocycles. The Morgan fingerprint density at radius 3 is 2.29 bits per heavy atom. The Bertz CT molecular complexity index is 1850. The number of anilines is 1. The topological polar surface area (TPSA) is 95.4 Å². The van der Waals surface area contributed by atoms with Crippen LogP contribution in [-0.2, 0) is 13.1 Å². The van der Waals surface area contributed by atoms with Crippen molar-refractivity contribution in [2.24, 2.45) is 0 Å². The van der Waals surface area contributed by atoms with Crippen molar-refractivity contribution in [2.45, 2.75) is 19.5 Å². The van der Waals surface area contributed by atoms with Gasteiger partial charge in [0.1, 0.15) is 34.6 Å². The molecule has 0 amide bonds. The second-order valence-corrected chi connectivity index (χ2v) is 10.7. The normalized spacial score (nSPS) is 11.6. The number of nitrogens with zero attached hydrogens (tertiary/aromatic N) is 4. The largest absolute Gasteiger partial charge is 0.486 e. The molecule has 3 aromatic heterocycles. The number of hydrogen-bond acceptors (Lipinski definition) is 7. The third kappa shape index (κ3) is 5.65. The second-order valence-electron chi connectivity index (χ2n) is 9.71. The first kappa shape index (κ1) is 29.0. The molecule has 0 aliphatic carbocycles. The lowest BCUT2D eigenvalue weighted by Gasteiger charge is -2.15. The van der Waals surface area contributed by atoms with Crippen molar-refractivity contribution >= 4 is 27.2 Å². The summed E-state index contributed by atoms with van der Waals surface area (Å²) in [6, 6.07) is 13.0. The van der Waals surface area contributed by atoms with Crippen LogP contribution in [0.25, 0.3) is 26.5 Å². The quantitative estimate of drug-likeness (QED) is 0.192. The number of aromatic nitrogens is 3. The van der Waals surface area contributed by atoms with Gasteiger partial charge < -0.3 is 15.4 Å². The van der Waals surface area contributed by atoms with Crippen LogP contribution in [0.1, 0.15) is 11.1 Å². The average Bonchev–Trinajstić information content (AvgIpc) is 3.31. The first-order valence-electron chi connectivity index (χ1n) is 12.7. The zero-order valence-corrected chi connectivity index (χ0v) is 23.3. The van der Waals surface area contributed by atoms with E-state index in [1.54, 1.807) is 24.3 Å². The number of halogens is 4. The highest BCUT2D eigenvalue weighted by Gasteiger charge is 2.25. The standard InChI is InChI=1S/C29H25F4N5O3S/c1-36(2)13-20-25-27(39)38(24-11-10-18(12-35-24)41-15-23(32)33)29(40)37(14-19-21(30)4-3-5-22(19)31)28(25)42-26(20)16-6-8-17(34)9-7-16/h3-12,23H,13-15,34H2,1-2H3. The predicted octanol–water partition coefficient (Wildman–Crippen LogP) is 4.89. The zero-order valence-electron chi connectivity index (χ0n) is 22.5. The first-order chi connectivity index (χ1) is 20.0. The van der Waals surface area contributed by atoms with Crippen LogP contribution in [0, 0.1) is 11.6 Å². The molecule has 0 saturated carbocycles. The summed E-state index contributed by atoms with van der Waals surface area (Å²) in [5.74, 6) is -1.81. The Hall–Kier alpha value is -4.49. The summed E-state index contributed by atoms with van der Waals surface area (Å²) in [5.41, 5.74) is 5.83. The van der Waals surface area contributed by atoms with Gasteiger partial charge in [-0.2, -0.15) is 0 Å². The number of rotatable bonds is 9. The molecule has 2 N–H and O–H groups in total. The summed E-state index contributed by atoms with van der Waals surface area (Å²) in [6.45, 7) is -1.06. The number of alkyl halides is 2.